The van der Waals surface area contributed by atoms with Gasteiger partial charge in [-0.3, -0.25) is 10.1 Å². The van der Waals surface area contributed by atoms with Gasteiger partial charge in [-0.15, -0.1) is 0 Å². The van der Waals surface area contributed by atoms with E-state index < -0.39 is 14.8 Å². The molecule has 0 heterocycles. The van der Waals surface area contributed by atoms with Crippen LogP contribution >= 0.6 is 0 Å². The molecule has 0 atom stereocenters. The van der Waals surface area contributed by atoms with Gasteiger partial charge in [0.2, 0.25) is 0 Å². The second kappa shape index (κ2) is 5.88. The van der Waals surface area contributed by atoms with E-state index in [4.69, 9.17) is 0 Å². The minimum absolute atomic E-state index is 0.0366. The standard InChI is InChI=1S/C15H13NO4S/c1-21(19,20)11-15(12-5-3-2-4-6-12)13-7-9-14(10-8-13)16(17)18/h2-11H,1H3/b15-11+. The quantitative estimate of drug-likeness (QED) is 0.642. The summed E-state index contributed by atoms with van der Waals surface area (Å²) in [5.41, 5.74) is 1.81. The third-order valence-electron chi connectivity index (χ3n) is 2.81. The lowest BCUT2D eigenvalue weighted by atomic mass is 9.99. The van der Waals surface area contributed by atoms with Crippen LogP contribution < -0.4 is 0 Å². The Kier molecular flexibility index (Phi) is 4.18. The zero-order chi connectivity index (χ0) is 15.5. The lowest BCUT2D eigenvalue weighted by molar-refractivity contribution is -0.384. The van der Waals surface area contributed by atoms with E-state index >= 15 is 0 Å². The Hall–Kier alpha value is -2.47. The summed E-state index contributed by atoms with van der Waals surface area (Å²) in [5, 5.41) is 11.8. The molecule has 0 N–H and O–H groups in total. The van der Waals surface area contributed by atoms with Crippen molar-refractivity contribution >= 4 is 21.1 Å². The molecule has 0 saturated heterocycles. The fourth-order valence-electron chi connectivity index (χ4n) is 1.90. The van der Waals surface area contributed by atoms with Crippen molar-refractivity contribution in [3.05, 3.63) is 81.2 Å². The van der Waals surface area contributed by atoms with Crippen molar-refractivity contribution in [1.82, 2.24) is 0 Å². The average molecular weight is 303 g/mol. The molecular formula is C15H13NO4S. The van der Waals surface area contributed by atoms with E-state index in [2.05, 4.69) is 0 Å². The molecule has 2 rings (SSSR count). The molecule has 0 aliphatic heterocycles. The van der Waals surface area contributed by atoms with Crippen LogP contribution in [0.15, 0.2) is 60.0 Å². The van der Waals surface area contributed by atoms with Crippen molar-refractivity contribution in [3.8, 4) is 0 Å². The summed E-state index contributed by atoms with van der Waals surface area (Å²) in [6.07, 6.45) is 1.11. The summed E-state index contributed by atoms with van der Waals surface area (Å²) in [5.74, 6) is 0. The summed E-state index contributed by atoms with van der Waals surface area (Å²) >= 11 is 0. The maximum absolute atomic E-state index is 11.6. The molecule has 2 aromatic carbocycles. The number of rotatable bonds is 4. The fraction of sp³-hybridized carbons (Fsp3) is 0.0667. The van der Waals surface area contributed by atoms with E-state index in [0.717, 1.165) is 11.8 Å². The Morgan fingerprint density at radius 1 is 1.00 bits per heavy atom. The first-order valence-electron chi connectivity index (χ1n) is 6.09. The second-order valence-corrected chi connectivity index (χ2v) is 6.43. The molecule has 21 heavy (non-hydrogen) atoms. The number of benzene rings is 2. The van der Waals surface area contributed by atoms with Gasteiger partial charge >= 0.3 is 0 Å². The molecule has 108 valence electrons. The summed E-state index contributed by atoms with van der Waals surface area (Å²) in [6, 6.07) is 14.8. The topological polar surface area (TPSA) is 77.3 Å². The van der Waals surface area contributed by atoms with E-state index in [1.54, 1.807) is 36.4 Å². The summed E-state index contributed by atoms with van der Waals surface area (Å²) in [4.78, 5) is 10.2. The maximum Gasteiger partial charge on any atom is 0.269 e. The second-order valence-electron chi connectivity index (χ2n) is 4.53. The first-order valence-corrected chi connectivity index (χ1v) is 8.04. The van der Waals surface area contributed by atoms with Crippen LogP contribution in [0.1, 0.15) is 11.1 Å². The van der Waals surface area contributed by atoms with Gasteiger partial charge in [-0.1, -0.05) is 30.3 Å². The van der Waals surface area contributed by atoms with Crippen LogP contribution in [0, 0.1) is 10.1 Å². The highest BCUT2D eigenvalue weighted by atomic mass is 32.2. The highest BCUT2D eigenvalue weighted by Gasteiger charge is 2.11. The summed E-state index contributed by atoms with van der Waals surface area (Å²) < 4.78 is 23.2. The molecule has 0 aliphatic rings. The van der Waals surface area contributed by atoms with E-state index in [1.165, 1.54) is 17.5 Å². The van der Waals surface area contributed by atoms with Crippen molar-refractivity contribution in [1.29, 1.82) is 0 Å². The first-order chi connectivity index (χ1) is 9.87. The number of nitro groups is 1. The minimum atomic E-state index is -3.34. The normalized spacial score (nSPS) is 12.1. The third kappa shape index (κ3) is 4.00. The SMILES string of the molecule is CS(=O)(=O)/C=C(\c1ccccc1)c1ccc([N+](=O)[O-])cc1. The molecule has 2 aromatic rings. The molecule has 0 bridgehead atoms. The molecule has 5 nitrogen and oxygen atoms in total. The zero-order valence-electron chi connectivity index (χ0n) is 11.3. The van der Waals surface area contributed by atoms with Crippen molar-refractivity contribution in [2.75, 3.05) is 6.26 Å². The van der Waals surface area contributed by atoms with Gasteiger partial charge in [0.05, 0.1) is 4.92 Å². The van der Waals surface area contributed by atoms with Gasteiger partial charge in [0.25, 0.3) is 5.69 Å². The maximum atomic E-state index is 11.6. The van der Waals surface area contributed by atoms with Crippen LogP contribution in [0.2, 0.25) is 0 Å². The Morgan fingerprint density at radius 2 is 1.52 bits per heavy atom. The fourth-order valence-corrected chi connectivity index (χ4v) is 2.60. The van der Waals surface area contributed by atoms with Crippen LogP contribution in [-0.2, 0) is 9.84 Å². The minimum Gasteiger partial charge on any atom is -0.258 e. The molecule has 0 unspecified atom stereocenters. The summed E-state index contributed by atoms with van der Waals surface area (Å²) in [7, 11) is -3.34. The van der Waals surface area contributed by atoms with E-state index in [9.17, 15) is 18.5 Å². The van der Waals surface area contributed by atoms with Gasteiger partial charge in [0.1, 0.15) is 0 Å². The van der Waals surface area contributed by atoms with Crippen LogP contribution in [0.4, 0.5) is 5.69 Å². The zero-order valence-corrected chi connectivity index (χ0v) is 12.1. The Bertz CT molecular complexity index is 778. The van der Waals surface area contributed by atoms with Crippen molar-refractivity contribution < 1.29 is 13.3 Å². The van der Waals surface area contributed by atoms with E-state index in [0.29, 0.717) is 11.1 Å². The van der Waals surface area contributed by atoms with Gasteiger partial charge < -0.3 is 0 Å². The van der Waals surface area contributed by atoms with Gasteiger partial charge in [-0.25, -0.2) is 8.42 Å². The smallest absolute Gasteiger partial charge is 0.258 e. The third-order valence-corrected chi connectivity index (χ3v) is 3.47. The Balaban J connectivity index is 2.56. The number of sulfone groups is 1. The van der Waals surface area contributed by atoms with Crippen molar-refractivity contribution in [3.63, 3.8) is 0 Å². The number of hydrogen-bond acceptors (Lipinski definition) is 4. The van der Waals surface area contributed by atoms with Crippen molar-refractivity contribution in [2.45, 2.75) is 0 Å². The van der Waals surface area contributed by atoms with Crippen LogP contribution in [0.5, 0.6) is 0 Å². The van der Waals surface area contributed by atoms with Gasteiger partial charge in [-0.2, -0.15) is 0 Å². The number of hydrogen-bond donors (Lipinski definition) is 0. The highest BCUT2D eigenvalue weighted by molar-refractivity contribution is 7.93. The molecule has 0 aromatic heterocycles. The molecule has 0 radical (unpaired) electrons. The molecule has 0 aliphatic carbocycles. The van der Waals surface area contributed by atoms with Crippen LogP contribution in [0.3, 0.4) is 0 Å². The molecule has 0 fully saturated rings. The first kappa shape index (κ1) is 14.9. The predicted octanol–water partition coefficient (Wildman–Crippen LogP) is 3.03. The lowest BCUT2D eigenvalue weighted by Gasteiger charge is -2.08. The van der Waals surface area contributed by atoms with Gasteiger partial charge in [0.15, 0.2) is 9.84 Å². The van der Waals surface area contributed by atoms with E-state index in [-0.39, 0.29) is 5.69 Å². The average Bonchev–Trinajstić information content (AvgIpc) is 2.45. The molecule has 0 saturated carbocycles. The number of non-ortho nitro benzene ring substituents is 1. The van der Waals surface area contributed by atoms with Crippen LogP contribution in [-0.4, -0.2) is 19.6 Å². The highest BCUT2D eigenvalue weighted by Crippen LogP contribution is 2.26. The number of nitro benzene ring substituents is 1. The van der Waals surface area contributed by atoms with Crippen LogP contribution in [0.25, 0.3) is 5.57 Å². The van der Waals surface area contributed by atoms with E-state index in [1.807, 2.05) is 6.07 Å². The largest absolute Gasteiger partial charge is 0.269 e. The Morgan fingerprint density at radius 3 is 2.00 bits per heavy atom. The molecule has 0 spiro atoms. The number of nitrogens with zero attached hydrogens (tertiary/aromatic N) is 1. The van der Waals surface area contributed by atoms with Gasteiger partial charge in [-0.05, 0) is 23.3 Å². The molecule has 6 heteroatoms. The predicted molar refractivity (Wildman–Crippen MR) is 81.5 cm³/mol. The van der Waals surface area contributed by atoms with Crippen molar-refractivity contribution in [2.24, 2.45) is 0 Å². The Labute approximate surface area is 122 Å². The van der Waals surface area contributed by atoms with Gasteiger partial charge in [0, 0.05) is 29.4 Å². The summed E-state index contributed by atoms with van der Waals surface area (Å²) in [6.45, 7) is 0. The lowest BCUT2D eigenvalue weighted by Crippen LogP contribution is -1.96. The monoisotopic (exact) mass is 303 g/mol. The molecular weight excluding hydrogens is 290 g/mol. The molecule has 0 amide bonds.